The summed E-state index contributed by atoms with van der Waals surface area (Å²) in [7, 11) is 1.42. The number of ether oxygens (including phenoxy) is 3. The van der Waals surface area contributed by atoms with Crippen LogP contribution >= 0.6 is 0 Å². The number of nitrogens with one attached hydrogen (secondary N) is 1. The number of aliphatic hydroxyl groups is 1. The van der Waals surface area contributed by atoms with Gasteiger partial charge in [0.2, 0.25) is 5.91 Å². The molecule has 1 rings (SSSR count). The summed E-state index contributed by atoms with van der Waals surface area (Å²) < 4.78 is 15.9. The number of aliphatic hydroxyl groups excluding tert-OH is 1. The average molecular weight is 301 g/mol. The molecule has 5 unspecified atom stereocenters. The maximum absolute atomic E-state index is 11.4. The molecule has 1 aliphatic rings. The zero-order chi connectivity index (χ0) is 16.2. The summed E-state index contributed by atoms with van der Waals surface area (Å²) in [6.07, 6.45) is -2.21. The standard InChI is InChI=1S/C14H23NO6/c1-7(2)13(18)20-6-10-8(3)12(17)11(15-9(4)16)14(19-5)21-10/h8,10-12,14,17H,1,6H2,2-5H3,(H,15,16). The van der Waals surface area contributed by atoms with Crippen LogP contribution in [0, 0.1) is 5.92 Å². The number of carbonyl (C=O) groups excluding carboxylic acids is 2. The van der Waals surface area contributed by atoms with Gasteiger partial charge in [-0.1, -0.05) is 13.5 Å². The molecule has 0 aromatic heterocycles. The predicted molar refractivity (Wildman–Crippen MR) is 74.2 cm³/mol. The largest absolute Gasteiger partial charge is 0.460 e. The van der Waals surface area contributed by atoms with E-state index in [1.165, 1.54) is 14.0 Å². The summed E-state index contributed by atoms with van der Waals surface area (Å²) in [5.74, 6) is -1.14. The number of amides is 1. The van der Waals surface area contributed by atoms with Gasteiger partial charge in [0.15, 0.2) is 6.29 Å². The first-order valence-corrected chi connectivity index (χ1v) is 6.74. The first-order valence-electron chi connectivity index (χ1n) is 6.74. The van der Waals surface area contributed by atoms with Gasteiger partial charge in [0.05, 0.1) is 12.2 Å². The van der Waals surface area contributed by atoms with Crippen molar-refractivity contribution in [1.82, 2.24) is 5.32 Å². The van der Waals surface area contributed by atoms with Crippen LogP contribution in [0.25, 0.3) is 0 Å². The normalized spacial score (nSPS) is 32.3. The third kappa shape index (κ3) is 4.52. The Labute approximate surface area is 124 Å². The van der Waals surface area contributed by atoms with Crippen LogP contribution in [0.1, 0.15) is 20.8 Å². The minimum absolute atomic E-state index is 0.0173. The molecule has 1 fully saturated rings. The summed E-state index contributed by atoms with van der Waals surface area (Å²) in [5, 5.41) is 12.9. The van der Waals surface area contributed by atoms with Crippen LogP contribution in [0.15, 0.2) is 12.2 Å². The van der Waals surface area contributed by atoms with E-state index in [2.05, 4.69) is 11.9 Å². The fraction of sp³-hybridized carbons (Fsp3) is 0.714. The number of rotatable bonds is 5. The Kier molecular flexibility index (Phi) is 6.32. The van der Waals surface area contributed by atoms with Crippen molar-refractivity contribution in [2.24, 2.45) is 5.92 Å². The summed E-state index contributed by atoms with van der Waals surface area (Å²) >= 11 is 0. The first kappa shape index (κ1) is 17.6. The van der Waals surface area contributed by atoms with Crippen LogP contribution in [0.3, 0.4) is 0 Å². The Morgan fingerprint density at radius 3 is 2.48 bits per heavy atom. The van der Waals surface area contributed by atoms with Crippen LogP contribution in [0.4, 0.5) is 0 Å². The highest BCUT2D eigenvalue weighted by molar-refractivity contribution is 5.86. The van der Waals surface area contributed by atoms with Crippen molar-refractivity contribution in [3.05, 3.63) is 12.2 Å². The van der Waals surface area contributed by atoms with E-state index >= 15 is 0 Å². The smallest absolute Gasteiger partial charge is 0.333 e. The van der Waals surface area contributed by atoms with E-state index in [4.69, 9.17) is 14.2 Å². The van der Waals surface area contributed by atoms with Gasteiger partial charge in [-0.15, -0.1) is 0 Å². The third-order valence-electron chi connectivity index (χ3n) is 3.42. The average Bonchev–Trinajstić information content (AvgIpc) is 2.42. The quantitative estimate of drug-likeness (QED) is 0.547. The molecule has 1 saturated heterocycles. The lowest BCUT2D eigenvalue weighted by Gasteiger charge is -2.42. The molecule has 0 spiro atoms. The maximum atomic E-state index is 11.4. The number of carbonyl (C=O) groups is 2. The van der Waals surface area contributed by atoms with Crippen molar-refractivity contribution in [1.29, 1.82) is 0 Å². The van der Waals surface area contributed by atoms with Crippen molar-refractivity contribution in [2.45, 2.75) is 45.3 Å². The molecule has 7 nitrogen and oxygen atoms in total. The first-order chi connectivity index (χ1) is 9.77. The fourth-order valence-electron chi connectivity index (χ4n) is 2.15. The second kappa shape index (κ2) is 7.53. The van der Waals surface area contributed by atoms with Gasteiger partial charge >= 0.3 is 5.97 Å². The molecule has 7 heteroatoms. The summed E-state index contributed by atoms with van der Waals surface area (Å²) in [6.45, 7) is 8.13. The zero-order valence-corrected chi connectivity index (χ0v) is 12.8. The lowest BCUT2D eigenvalue weighted by Crippen LogP contribution is -2.61. The van der Waals surface area contributed by atoms with E-state index in [9.17, 15) is 14.7 Å². The summed E-state index contributed by atoms with van der Waals surface area (Å²) in [6, 6.07) is -0.671. The molecule has 0 saturated carbocycles. The molecular weight excluding hydrogens is 278 g/mol. The number of hydrogen-bond donors (Lipinski definition) is 2. The van der Waals surface area contributed by atoms with Crippen molar-refractivity contribution in [3.8, 4) is 0 Å². The monoisotopic (exact) mass is 301 g/mol. The topological polar surface area (TPSA) is 94.1 Å². The minimum atomic E-state index is -0.874. The molecule has 21 heavy (non-hydrogen) atoms. The summed E-state index contributed by atoms with van der Waals surface area (Å²) in [5.41, 5.74) is 0.290. The van der Waals surface area contributed by atoms with E-state index in [0.717, 1.165) is 0 Å². The van der Waals surface area contributed by atoms with Gasteiger partial charge < -0.3 is 24.6 Å². The number of esters is 1. The van der Waals surface area contributed by atoms with Crippen LogP contribution in [-0.4, -0.2) is 55.2 Å². The molecule has 1 aliphatic heterocycles. The second-order valence-electron chi connectivity index (χ2n) is 5.23. The Morgan fingerprint density at radius 2 is 2.00 bits per heavy atom. The second-order valence-corrected chi connectivity index (χ2v) is 5.23. The van der Waals surface area contributed by atoms with Gasteiger partial charge in [-0.25, -0.2) is 4.79 Å². The van der Waals surface area contributed by atoms with Crippen molar-refractivity contribution in [3.63, 3.8) is 0 Å². The van der Waals surface area contributed by atoms with E-state index in [1.54, 1.807) is 13.8 Å². The fourth-order valence-corrected chi connectivity index (χ4v) is 2.15. The van der Waals surface area contributed by atoms with Crippen molar-refractivity contribution in [2.75, 3.05) is 13.7 Å². The molecule has 1 amide bonds. The van der Waals surface area contributed by atoms with Gasteiger partial charge in [-0.2, -0.15) is 0 Å². The van der Waals surface area contributed by atoms with Gasteiger partial charge in [-0.3, -0.25) is 4.79 Å². The molecule has 120 valence electrons. The highest BCUT2D eigenvalue weighted by Crippen LogP contribution is 2.26. The minimum Gasteiger partial charge on any atom is -0.460 e. The highest BCUT2D eigenvalue weighted by atomic mass is 16.7. The van der Waals surface area contributed by atoms with Crippen molar-refractivity contribution >= 4 is 11.9 Å². The van der Waals surface area contributed by atoms with Crippen LogP contribution < -0.4 is 5.32 Å². The molecular formula is C14H23NO6. The van der Waals surface area contributed by atoms with E-state index in [0.29, 0.717) is 5.57 Å². The number of methoxy groups -OCH3 is 1. The molecule has 0 radical (unpaired) electrons. The molecule has 0 aliphatic carbocycles. The lowest BCUT2D eigenvalue weighted by atomic mass is 9.89. The van der Waals surface area contributed by atoms with E-state index in [-0.39, 0.29) is 18.4 Å². The third-order valence-corrected chi connectivity index (χ3v) is 3.42. The van der Waals surface area contributed by atoms with Gasteiger partial charge in [0, 0.05) is 25.5 Å². The Morgan fingerprint density at radius 1 is 1.38 bits per heavy atom. The Balaban J connectivity index is 2.71. The lowest BCUT2D eigenvalue weighted by molar-refractivity contribution is -0.247. The molecule has 1 heterocycles. The van der Waals surface area contributed by atoms with Gasteiger partial charge in [0.25, 0.3) is 0 Å². The van der Waals surface area contributed by atoms with E-state index < -0.39 is 30.5 Å². The van der Waals surface area contributed by atoms with Crippen LogP contribution in [-0.2, 0) is 23.8 Å². The molecule has 0 aromatic rings. The molecule has 0 aromatic carbocycles. The van der Waals surface area contributed by atoms with Crippen LogP contribution in [0.5, 0.6) is 0 Å². The van der Waals surface area contributed by atoms with Gasteiger partial charge in [-0.05, 0) is 6.92 Å². The highest BCUT2D eigenvalue weighted by Gasteiger charge is 2.44. The summed E-state index contributed by atoms with van der Waals surface area (Å²) in [4.78, 5) is 22.6. The van der Waals surface area contributed by atoms with Gasteiger partial charge in [0.1, 0.15) is 12.6 Å². The Bertz CT molecular complexity index is 408. The van der Waals surface area contributed by atoms with E-state index in [1.807, 2.05) is 0 Å². The maximum Gasteiger partial charge on any atom is 0.333 e. The predicted octanol–water partition coefficient (Wildman–Crippen LogP) is -0.0213. The Hall–Kier alpha value is -1.44. The number of hydrogen-bond acceptors (Lipinski definition) is 6. The van der Waals surface area contributed by atoms with Crippen molar-refractivity contribution < 1.29 is 28.9 Å². The zero-order valence-electron chi connectivity index (χ0n) is 12.8. The SMILES string of the molecule is C=C(C)C(=O)OCC1OC(OC)C(NC(C)=O)C(O)C1C. The molecule has 0 bridgehead atoms. The van der Waals surface area contributed by atoms with Crippen LogP contribution in [0.2, 0.25) is 0 Å². The molecule has 5 atom stereocenters. The molecule has 2 N–H and O–H groups in total.